The smallest absolute Gasteiger partial charge is 0.150 e. The number of nitrogen functional groups attached to an aromatic ring is 1. The minimum atomic E-state index is 0.557. The summed E-state index contributed by atoms with van der Waals surface area (Å²) in [7, 11) is 6.21. The molecule has 1 unspecified atom stereocenters. The number of aryl methyl sites for hydroxylation is 2. The van der Waals surface area contributed by atoms with Crippen molar-refractivity contribution in [1.29, 1.82) is 0 Å². The van der Waals surface area contributed by atoms with E-state index in [9.17, 15) is 0 Å². The molecule has 1 aromatic rings. The van der Waals surface area contributed by atoms with E-state index in [1.165, 1.54) is 12.8 Å². The van der Waals surface area contributed by atoms with Crippen LogP contribution in [0.15, 0.2) is 0 Å². The molecule has 0 aromatic carbocycles. The molecule has 0 aliphatic carbocycles. The van der Waals surface area contributed by atoms with Crippen molar-refractivity contribution in [2.24, 2.45) is 7.05 Å². The lowest BCUT2D eigenvalue weighted by atomic mass is 10.2. The third-order valence-corrected chi connectivity index (χ3v) is 3.46. The van der Waals surface area contributed by atoms with Gasteiger partial charge in [-0.25, -0.2) is 0 Å². The van der Waals surface area contributed by atoms with Crippen LogP contribution in [-0.2, 0) is 7.05 Å². The third kappa shape index (κ3) is 2.24. The van der Waals surface area contributed by atoms with Gasteiger partial charge < -0.3 is 15.5 Å². The van der Waals surface area contributed by atoms with Crippen molar-refractivity contribution in [3.63, 3.8) is 0 Å². The summed E-state index contributed by atoms with van der Waals surface area (Å²) in [6, 6.07) is 0.557. The maximum absolute atomic E-state index is 6.14. The molecule has 17 heavy (non-hydrogen) atoms. The lowest BCUT2D eigenvalue weighted by Gasteiger charge is -2.29. The first-order valence-electron chi connectivity index (χ1n) is 6.21. The maximum atomic E-state index is 6.14. The first-order valence-corrected chi connectivity index (χ1v) is 6.21. The van der Waals surface area contributed by atoms with Gasteiger partial charge in [0.25, 0.3) is 0 Å². The van der Waals surface area contributed by atoms with Crippen molar-refractivity contribution in [2.75, 3.05) is 37.8 Å². The Hall–Kier alpha value is -1.23. The summed E-state index contributed by atoms with van der Waals surface area (Å²) in [5.74, 6) is 1.09. The number of hydrogen-bond acceptors (Lipinski definition) is 4. The van der Waals surface area contributed by atoms with Crippen molar-refractivity contribution >= 4 is 11.5 Å². The van der Waals surface area contributed by atoms with Crippen LogP contribution in [0.3, 0.4) is 0 Å². The van der Waals surface area contributed by atoms with E-state index in [4.69, 9.17) is 5.73 Å². The van der Waals surface area contributed by atoms with Gasteiger partial charge in [0.05, 0.1) is 11.4 Å². The number of aromatic nitrogens is 2. The fraction of sp³-hybridized carbons (Fsp3) is 0.750. The Morgan fingerprint density at radius 1 is 1.47 bits per heavy atom. The average molecular weight is 237 g/mol. The van der Waals surface area contributed by atoms with Crippen LogP contribution in [0.1, 0.15) is 18.5 Å². The molecule has 0 amide bonds. The van der Waals surface area contributed by atoms with Gasteiger partial charge in [0.15, 0.2) is 5.82 Å². The highest BCUT2D eigenvalue weighted by Crippen LogP contribution is 2.31. The van der Waals surface area contributed by atoms with Crippen LogP contribution in [-0.4, -0.2) is 47.9 Å². The molecule has 1 atom stereocenters. The Balaban J connectivity index is 2.26. The number of rotatable bonds is 3. The normalized spacial score (nSPS) is 20.5. The topological polar surface area (TPSA) is 50.3 Å². The number of nitrogens with zero attached hydrogens (tertiary/aromatic N) is 4. The summed E-state index contributed by atoms with van der Waals surface area (Å²) < 4.78 is 1.92. The molecule has 1 aliphatic rings. The van der Waals surface area contributed by atoms with Crippen molar-refractivity contribution < 1.29 is 0 Å². The van der Waals surface area contributed by atoms with Gasteiger partial charge in [-0.2, -0.15) is 5.10 Å². The zero-order valence-electron chi connectivity index (χ0n) is 11.3. The molecule has 0 saturated carbocycles. The van der Waals surface area contributed by atoms with E-state index in [1.807, 2.05) is 18.7 Å². The van der Waals surface area contributed by atoms with E-state index in [-0.39, 0.29) is 0 Å². The van der Waals surface area contributed by atoms with Crippen LogP contribution in [0.5, 0.6) is 0 Å². The maximum Gasteiger partial charge on any atom is 0.150 e. The highest BCUT2D eigenvalue weighted by Gasteiger charge is 2.29. The summed E-state index contributed by atoms with van der Waals surface area (Å²) in [4.78, 5) is 4.65. The SMILES string of the molecule is Cc1nn(C)c(N2CCCC2CN(C)C)c1N. The molecule has 1 fully saturated rings. The number of nitrogens with two attached hydrogens (primary N) is 1. The third-order valence-electron chi connectivity index (χ3n) is 3.46. The Labute approximate surface area is 103 Å². The molecule has 2 N–H and O–H groups in total. The Morgan fingerprint density at radius 3 is 2.71 bits per heavy atom. The highest BCUT2D eigenvalue weighted by atomic mass is 15.4. The molecule has 1 aliphatic heterocycles. The first kappa shape index (κ1) is 12.2. The predicted octanol–water partition coefficient (Wildman–Crippen LogP) is 0.841. The summed E-state index contributed by atoms with van der Waals surface area (Å²) in [6.45, 7) is 4.13. The van der Waals surface area contributed by atoms with Crippen molar-refractivity contribution in [2.45, 2.75) is 25.8 Å². The predicted molar refractivity (Wildman–Crippen MR) is 71.3 cm³/mol. The van der Waals surface area contributed by atoms with Crippen molar-refractivity contribution in [1.82, 2.24) is 14.7 Å². The number of likely N-dealkylation sites (N-methyl/N-ethyl adjacent to an activating group) is 1. The van der Waals surface area contributed by atoms with Crippen LogP contribution >= 0.6 is 0 Å². The zero-order chi connectivity index (χ0) is 12.6. The Morgan fingerprint density at radius 2 is 2.18 bits per heavy atom. The second kappa shape index (κ2) is 4.56. The van der Waals surface area contributed by atoms with E-state index < -0.39 is 0 Å². The van der Waals surface area contributed by atoms with Gasteiger partial charge in [-0.15, -0.1) is 0 Å². The highest BCUT2D eigenvalue weighted by molar-refractivity contribution is 5.67. The molecular weight excluding hydrogens is 214 g/mol. The van der Waals surface area contributed by atoms with Crippen LogP contribution in [0.25, 0.3) is 0 Å². The quantitative estimate of drug-likeness (QED) is 0.846. The summed E-state index contributed by atoms with van der Waals surface area (Å²) in [6.07, 6.45) is 2.48. The van der Waals surface area contributed by atoms with E-state index in [0.717, 1.165) is 30.3 Å². The van der Waals surface area contributed by atoms with E-state index >= 15 is 0 Å². The monoisotopic (exact) mass is 237 g/mol. The summed E-state index contributed by atoms with van der Waals surface area (Å²) in [5, 5.41) is 4.41. The summed E-state index contributed by atoms with van der Waals surface area (Å²) >= 11 is 0. The van der Waals surface area contributed by atoms with Crippen molar-refractivity contribution in [3.05, 3.63) is 5.69 Å². The molecular formula is C12H23N5. The average Bonchev–Trinajstić information content (AvgIpc) is 2.73. The second-order valence-electron chi connectivity index (χ2n) is 5.20. The van der Waals surface area contributed by atoms with Crippen LogP contribution in [0.2, 0.25) is 0 Å². The Kier molecular flexibility index (Phi) is 3.28. The molecule has 1 saturated heterocycles. The molecule has 5 heteroatoms. The number of hydrogen-bond donors (Lipinski definition) is 1. The molecule has 1 aromatic heterocycles. The van der Waals surface area contributed by atoms with Crippen molar-refractivity contribution in [3.8, 4) is 0 Å². The van der Waals surface area contributed by atoms with Gasteiger partial charge in [-0.05, 0) is 33.9 Å². The standard InChI is InChI=1S/C12H23N5/c1-9-11(13)12(16(4)14-9)17-7-5-6-10(17)8-15(2)3/h10H,5-8,13H2,1-4H3. The molecule has 0 spiro atoms. The molecule has 2 rings (SSSR count). The minimum Gasteiger partial charge on any atom is -0.394 e. The van der Waals surface area contributed by atoms with E-state index in [0.29, 0.717) is 6.04 Å². The zero-order valence-corrected chi connectivity index (χ0v) is 11.3. The number of anilines is 2. The van der Waals surface area contributed by atoms with Gasteiger partial charge in [-0.1, -0.05) is 0 Å². The fourth-order valence-corrected chi connectivity index (χ4v) is 2.73. The molecule has 96 valence electrons. The lowest BCUT2D eigenvalue weighted by Crippen LogP contribution is -2.38. The fourth-order valence-electron chi connectivity index (χ4n) is 2.73. The minimum absolute atomic E-state index is 0.557. The molecule has 5 nitrogen and oxygen atoms in total. The largest absolute Gasteiger partial charge is 0.394 e. The van der Waals surface area contributed by atoms with Gasteiger partial charge in [0.1, 0.15) is 0 Å². The Bertz CT molecular complexity index is 396. The van der Waals surface area contributed by atoms with E-state index in [1.54, 1.807) is 0 Å². The first-order chi connectivity index (χ1) is 8.00. The van der Waals surface area contributed by atoms with Crippen LogP contribution in [0, 0.1) is 6.92 Å². The van der Waals surface area contributed by atoms with Crippen LogP contribution < -0.4 is 10.6 Å². The van der Waals surface area contributed by atoms with Gasteiger partial charge >= 0.3 is 0 Å². The lowest BCUT2D eigenvalue weighted by molar-refractivity contribution is 0.370. The van der Waals surface area contributed by atoms with Gasteiger partial charge in [0.2, 0.25) is 0 Å². The molecule has 0 radical (unpaired) electrons. The molecule has 0 bridgehead atoms. The summed E-state index contributed by atoms with van der Waals surface area (Å²) in [5.41, 5.74) is 7.90. The van der Waals surface area contributed by atoms with Gasteiger partial charge in [-0.3, -0.25) is 4.68 Å². The molecule has 2 heterocycles. The van der Waals surface area contributed by atoms with Crippen LogP contribution in [0.4, 0.5) is 11.5 Å². The van der Waals surface area contributed by atoms with Gasteiger partial charge in [0, 0.05) is 26.2 Å². The van der Waals surface area contributed by atoms with E-state index in [2.05, 4.69) is 29.0 Å². The second-order valence-corrected chi connectivity index (χ2v) is 5.20.